The standard InChI is InChI=1S/C10H11NO3/c1-6-4-7-2-3-8(11(13)14)5-9(7)10(6)12/h2-3,5-6,10,12H,4H2,1H3. The van der Waals surface area contributed by atoms with Gasteiger partial charge in [-0.3, -0.25) is 10.1 Å². The third-order valence-electron chi connectivity index (χ3n) is 2.74. The van der Waals surface area contributed by atoms with Gasteiger partial charge in [-0.25, -0.2) is 0 Å². The Kier molecular flexibility index (Phi) is 2.00. The van der Waals surface area contributed by atoms with E-state index in [1.807, 2.05) is 6.92 Å². The van der Waals surface area contributed by atoms with Crippen LogP contribution in [0.15, 0.2) is 18.2 Å². The molecule has 2 atom stereocenters. The first kappa shape index (κ1) is 9.15. The van der Waals surface area contributed by atoms with Gasteiger partial charge in [0.1, 0.15) is 0 Å². The molecule has 0 spiro atoms. The zero-order chi connectivity index (χ0) is 10.3. The molecule has 1 aliphatic carbocycles. The Balaban J connectivity index is 2.46. The van der Waals surface area contributed by atoms with Gasteiger partial charge in [0, 0.05) is 12.1 Å². The second kappa shape index (κ2) is 3.06. The number of hydrogen-bond acceptors (Lipinski definition) is 3. The number of nitro benzene ring substituents is 1. The molecule has 4 heteroatoms. The van der Waals surface area contributed by atoms with Crippen LogP contribution in [-0.2, 0) is 6.42 Å². The number of hydrogen-bond donors (Lipinski definition) is 1. The maximum absolute atomic E-state index is 10.5. The van der Waals surface area contributed by atoms with Gasteiger partial charge in [0.05, 0.1) is 11.0 Å². The minimum atomic E-state index is -0.551. The molecule has 0 heterocycles. The molecule has 1 aliphatic rings. The molecule has 0 aromatic heterocycles. The molecule has 1 aromatic carbocycles. The first-order chi connectivity index (χ1) is 6.59. The first-order valence-electron chi connectivity index (χ1n) is 4.55. The summed E-state index contributed by atoms with van der Waals surface area (Å²) in [6.07, 6.45) is 0.249. The van der Waals surface area contributed by atoms with Crippen LogP contribution in [0.2, 0.25) is 0 Å². The molecule has 0 amide bonds. The van der Waals surface area contributed by atoms with Gasteiger partial charge in [-0.05, 0) is 23.5 Å². The lowest BCUT2D eigenvalue weighted by Crippen LogP contribution is -2.01. The van der Waals surface area contributed by atoms with E-state index >= 15 is 0 Å². The summed E-state index contributed by atoms with van der Waals surface area (Å²) in [5.41, 5.74) is 1.79. The smallest absolute Gasteiger partial charge is 0.269 e. The maximum Gasteiger partial charge on any atom is 0.269 e. The summed E-state index contributed by atoms with van der Waals surface area (Å²) >= 11 is 0. The highest BCUT2D eigenvalue weighted by molar-refractivity contribution is 5.43. The van der Waals surface area contributed by atoms with Crippen LogP contribution >= 0.6 is 0 Å². The van der Waals surface area contributed by atoms with Gasteiger partial charge in [-0.15, -0.1) is 0 Å². The fourth-order valence-corrected chi connectivity index (χ4v) is 1.92. The largest absolute Gasteiger partial charge is 0.388 e. The number of aliphatic hydroxyl groups excluding tert-OH is 1. The predicted molar refractivity (Wildman–Crippen MR) is 50.9 cm³/mol. The van der Waals surface area contributed by atoms with Crippen molar-refractivity contribution in [1.82, 2.24) is 0 Å². The van der Waals surface area contributed by atoms with Crippen molar-refractivity contribution in [3.8, 4) is 0 Å². The molecule has 0 fully saturated rings. The zero-order valence-electron chi connectivity index (χ0n) is 7.80. The molecule has 0 radical (unpaired) electrons. The monoisotopic (exact) mass is 193 g/mol. The molecule has 1 aromatic rings. The second-order valence-electron chi connectivity index (χ2n) is 3.77. The lowest BCUT2D eigenvalue weighted by atomic mass is 10.1. The third-order valence-corrected chi connectivity index (χ3v) is 2.74. The Bertz CT molecular complexity index is 389. The summed E-state index contributed by atoms with van der Waals surface area (Å²) in [6, 6.07) is 4.70. The number of aliphatic hydroxyl groups is 1. The van der Waals surface area contributed by atoms with Crippen LogP contribution in [0, 0.1) is 16.0 Å². The van der Waals surface area contributed by atoms with Crippen molar-refractivity contribution in [2.75, 3.05) is 0 Å². The van der Waals surface area contributed by atoms with Gasteiger partial charge in [-0.2, -0.15) is 0 Å². The van der Waals surface area contributed by atoms with E-state index in [1.165, 1.54) is 12.1 Å². The maximum atomic E-state index is 10.5. The first-order valence-corrected chi connectivity index (χ1v) is 4.55. The molecule has 14 heavy (non-hydrogen) atoms. The van der Waals surface area contributed by atoms with E-state index in [-0.39, 0.29) is 11.6 Å². The van der Waals surface area contributed by atoms with Crippen molar-refractivity contribution < 1.29 is 10.0 Å². The summed E-state index contributed by atoms with van der Waals surface area (Å²) in [6.45, 7) is 1.94. The average Bonchev–Trinajstić information content (AvgIpc) is 2.43. The van der Waals surface area contributed by atoms with E-state index in [2.05, 4.69) is 0 Å². The van der Waals surface area contributed by atoms with E-state index in [0.717, 1.165) is 12.0 Å². The van der Waals surface area contributed by atoms with E-state index in [0.29, 0.717) is 5.56 Å². The lowest BCUT2D eigenvalue weighted by Gasteiger charge is -2.07. The minimum absolute atomic E-state index is 0.0527. The fourth-order valence-electron chi connectivity index (χ4n) is 1.92. The summed E-state index contributed by atoms with van der Waals surface area (Å²) in [5, 5.41) is 20.2. The lowest BCUT2D eigenvalue weighted by molar-refractivity contribution is -0.385. The van der Waals surface area contributed by atoms with Gasteiger partial charge in [-0.1, -0.05) is 13.0 Å². The molecule has 0 saturated carbocycles. The van der Waals surface area contributed by atoms with Crippen LogP contribution in [0.25, 0.3) is 0 Å². The molecular formula is C10H11NO3. The fraction of sp³-hybridized carbons (Fsp3) is 0.400. The van der Waals surface area contributed by atoms with Crippen LogP contribution in [0.1, 0.15) is 24.2 Å². The van der Waals surface area contributed by atoms with Crippen molar-refractivity contribution in [2.24, 2.45) is 5.92 Å². The van der Waals surface area contributed by atoms with E-state index in [4.69, 9.17) is 0 Å². The molecule has 0 saturated heterocycles. The number of benzene rings is 1. The van der Waals surface area contributed by atoms with Gasteiger partial charge in [0.2, 0.25) is 0 Å². The van der Waals surface area contributed by atoms with Crippen molar-refractivity contribution in [1.29, 1.82) is 0 Å². The Morgan fingerprint density at radius 1 is 1.57 bits per heavy atom. The van der Waals surface area contributed by atoms with E-state index in [1.54, 1.807) is 6.07 Å². The molecule has 2 unspecified atom stereocenters. The Morgan fingerprint density at radius 2 is 2.29 bits per heavy atom. The molecule has 74 valence electrons. The molecule has 0 bridgehead atoms. The number of nitro groups is 1. The predicted octanol–water partition coefficient (Wildman–Crippen LogP) is 1.82. The van der Waals surface area contributed by atoms with Gasteiger partial charge in [0.25, 0.3) is 5.69 Å². The molecule has 4 nitrogen and oxygen atoms in total. The van der Waals surface area contributed by atoms with Crippen molar-refractivity contribution >= 4 is 5.69 Å². The Labute approximate surface area is 81.3 Å². The van der Waals surface area contributed by atoms with Crippen LogP contribution < -0.4 is 0 Å². The Hall–Kier alpha value is -1.42. The van der Waals surface area contributed by atoms with Crippen LogP contribution in [-0.4, -0.2) is 10.0 Å². The minimum Gasteiger partial charge on any atom is -0.388 e. The number of rotatable bonds is 1. The second-order valence-corrected chi connectivity index (χ2v) is 3.77. The highest BCUT2D eigenvalue weighted by Crippen LogP contribution is 2.37. The topological polar surface area (TPSA) is 63.4 Å². The van der Waals surface area contributed by atoms with Crippen LogP contribution in [0.5, 0.6) is 0 Å². The van der Waals surface area contributed by atoms with Gasteiger partial charge >= 0.3 is 0 Å². The van der Waals surface area contributed by atoms with Gasteiger partial charge < -0.3 is 5.11 Å². The SMILES string of the molecule is CC1Cc2ccc([N+](=O)[O-])cc2C1O. The van der Waals surface area contributed by atoms with Crippen molar-refractivity contribution in [3.63, 3.8) is 0 Å². The highest BCUT2D eigenvalue weighted by Gasteiger charge is 2.28. The van der Waals surface area contributed by atoms with E-state index in [9.17, 15) is 15.2 Å². The summed E-state index contributed by atoms with van der Waals surface area (Å²) in [5.74, 6) is 0.159. The number of nitrogens with zero attached hydrogens (tertiary/aromatic N) is 1. The highest BCUT2D eigenvalue weighted by atomic mass is 16.6. The zero-order valence-corrected chi connectivity index (χ0v) is 7.80. The average molecular weight is 193 g/mol. The quantitative estimate of drug-likeness (QED) is 0.546. The molecule has 2 rings (SSSR count). The Morgan fingerprint density at radius 3 is 2.93 bits per heavy atom. The third kappa shape index (κ3) is 1.28. The molecular weight excluding hydrogens is 182 g/mol. The summed E-state index contributed by atoms with van der Waals surface area (Å²) < 4.78 is 0. The van der Waals surface area contributed by atoms with Crippen LogP contribution in [0.4, 0.5) is 5.69 Å². The van der Waals surface area contributed by atoms with Crippen molar-refractivity contribution in [3.05, 3.63) is 39.4 Å². The van der Waals surface area contributed by atoms with Crippen LogP contribution in [0.3, 0.4) is 0 Å². The number of non-ortho nitro benzene ring substituents is 1. The molecule has 1 N–H and O–H groups in total. The van der Waals surface area contributed by atoms with Crippen molar-refractivity contribution in [2.45, 2.75) is 19.4 Å². The number of fused-ring (bicyclic) bond motifs is 1. The van der Waals surface area contributed by atoms with E-state index < -0.39 is 11.0 Å². The summed E-state index contributed by atoms with van der Waals surface area (Å²) in [7, 11) is 0. The normalized spacial score (nSPS) is 24.7. The molecule has 0 aliphatic heterocycles. The summed E-state index contributed by atoms with van der Waals surface area (Å²) in [4.78, 5) is 10.1. The van der Waals surface area contributed by atoms with Gasteiger partial charge in [0.15, 0.2) is 0 Å².